The number of fused-ring (bicyclic) bond motifs is 5. The van der Waals surface area contributed by atoms with Crippen molar-refractivity contribution >= 4 is 22.5 Å². The van der Waals surface area contributed by atoms with Crippen LogP contribution in [-0.4, -0.2) is 18.9 Å². The molecule has 0 saturated heterocycles. The fraction of sp³-hybridized carbons (Fsp3) is 0.300. The van der Waals surface area contributed by atoms with E-state index < -0.39 is 11.4 Å². The van der Waals surface area contributed by atoms with Crippen LogP contribution in [0.3, 0.4) is 0 Å². The summed E-state index contributed by atoms with van der Waals surface area (Å²) >= 11 is 0. The van der Waals surface area contributed by atoms with Gasteiger partial charge in [0.1, 0.15) is 0 Å². The molecule has 2 aromatic rings. The Hall–Kier alpha value is -2.42. The summed E-state index contributed by atoms with van der Waals surface area (Å²) in [6, 6.07) is 12.4. The zero-order valence-corrected chi connectivity index (χ0v) is 13.3. The number of hydrogen-bond acceptors (Lipinski definition) is 3. The van der Waals surface area contributed by atoms with Gasteiger partial charge in [-0.1, -0.05) is 43.3 Å². The van der Waals surface area contributed by atoms with Crippen molar-refractivity contribution < 1.29 is 14.3 Å². The molecule has 2 unspecified atom stereocenters. The lowest BCUT2D eigenvalue weighted by Crippen LogP contribution is -2.35. The Bertz CT molecular complexity index is 878. The molecular weight excluding hydrogens is 288 g/mol. The van der Waals surface area contributed by atoms with E-state index in [9.17, 15) is 9.59 Å². The second-order valence-corrected chi connectivity index (χ2v) is 6.66. The van der Waals surface area contributed by atoms with Gasteiger partial charge in [-0.15, -0.1) is 0 Å². The molecule has 0 saturated carbocycles. The van der Waals surface area contributed by atoms with Gasteiger partial charge in [0.15, 0.2) is 5.78 Å². The molecule has 0 aromatic heterocycles. The van der Waals surface area contributed by atoms with Crippen LogP contribution in [-0.2, 0) is 20.7 Å². The van der Waals surface area contributed by atoms with Crippen LogP contribution in [0.2, 0.25) is 0 Å². The number of allylic oxidation sites excluding steroid dienone is 1. The summed E-state index contributed by atoms with van der Waals surface area (Å²) in [7, 11) is 1.37. The Balaban J connectivity index is 1.96. The number of carbonyl (C=O) groups excluding carboxylic acids is 2. The number of aryl methyl sites for hydroxylation is 1. The van der Waals surface area contributed by atoms with E-state index in [-0.39, 0.29) is 11.7 Å². The van der Waals surface area contributed by atoms with E-state index in [4.69, 9.17) is 4.74 Å². The second kappa shape index (κ2) is 4.79. The highest BCUT2D eigenvalue weighted by Crippen LogP contribution is 2.54. The van der Waals surface area contributed by atoms with Gasteiger partial charge in [-0.2, -0.15) is 0 Å². The van der Waals surface area contributed by atoms with Gasteiger partial charge in [-0.3, -0.25) is 4.79 Å². The van der Waals surface area contributed by atoms with Crippen molar-refractivity contribution in [2.75, 3.05) is 7.11 Å². The van der Waals surface area contributed by atoms with Crippen LogP contribution in [0, 0.1) is 5.41 Å². The van der Waals surface area contributed by atoms with Gasteiger partial charge < -0.3 is 4.74 Å². The number of benzene rings is 2. The minimum atomic E-state index is -0.529. The number of methoxy groups -OCH3 is 1. The molecule has 116 valence electrons. The van der Waals surface area contributed by atoms with E-state index in [0.29, 0.717) is 5.57 Å². The molecule has 2 aromatic carbocycles. The quantitative estimate of drug-likeness (QED) is 0.757. The highest BCUT2D eigenvalue weighted by Gasteiger charge is 2.52. The van der Waals surface area contributed by atoms with Crippen LogP contribution in [0.15, 0.2) is 48.0 Å². The third-order valence-electron chi connectivity index (χ3n) is 5.50. The SMILES string of the molecule is COC(=O)C1=CC(=O)C2(C)CCc3c(ccc4ccccc34)C12. The van der Waals surface area contributed by atoms with Crippen LogP contribution in [0.1, 0.15) is 30.4 Å². The normalized spacial score (nSPS) is 25.7. The third-order valence-corrected chi connectivity index (χ3v) is 5.50. The lowest BCUT2D eigenvalue weighted by molar-refractivity contribution is -0.136. The second-order valence-electron chi connectivity index (χ2n) is 6.66. The van der Waals surface area contributed by atoms with Gasteiger partial charge in [0, 0.05) is 16.9 Å². The molecule has 0 radical (unpaired) electrons. The largest absolute Gasteiger partial charge is 0.466 e. The molecule has 0 heterocycles. The summed E-state index contributed by atoms with van der Waals surface area (Å²) < 4.78 is 4.92. The van der Waals surface area contributed by atoms with Crippen LogP contribution in [0.25, 0.3) is 10.8 Å². The van der Waals surface area contributed by atoms with Crippen molar-refractivity contribution in [1.29, 1.82) is 0 Å². The van der Waals surface area contributed by atoms with Gasteiger partial charge in [0.05, 0.1) is 7.11 Å². The number of ketones is 1. The molecule has 0 N–H and O–H groups in total. The third kappa shape index (κ3) is 1.83. The first kappa shape index (κ1) is 14.2. The fourth-order valence-corrected chi connectivity index (χ4v) is 4.23. The maximum atomic E-state index is 12.6. The minimum Gasteiger partial charge on any atom is -0.466 e. The van der Waals surface area contributed by atoms with Gasteiger partial charge in [-0.05, 0) is 40.8 Å². The number of ether oxygens (including phenoxy) is 1. The fourth-order valence-electron chi connectivity index (χ4n) is 4.23. The lowest BCUT2D eigenvalue weighted by atomic mass is 9.64. The highest BCUT2D eigenvalue weighted by atomic mass is 16.5. The van der Waals surface area contributed by atoms with Crippen molar-refractivity contribution in [3.8, 4) is 0 Å². The zero-order chi connectivity index (χ0) is 16.2. The monoisotopic (exact) mass is 306 g/mol. The van der Waals surface area contributed by atoms with E-state index in [0.717, 1.165) is 18.4 Å². The van der Waals surface area contributed by atoms with Crippen LogP contribution in [0.5, 0.6) is 0 Å². The van der Waals surface area contributed by atoms with Crippen LogP contribution >= 0.6 is 0 Å². The van der Waals surface area contributed by atoms with Gasteiger partial charge in [0.2, 0.25) is 0 Å². The molecule has 2 aliphatic carbocycles. The maximum absolute atomic E-state index is 12.6. The number of esters is 1. The predicted octanol–water partition coefficient (Wildman–Crippen LogP) is 3.56. The molecule has 0 bridgehead atoms. The maximum Gasteiger partial charge on any atom is 0.334 e. The van der Waals surface area contributed by atoms with Gasteiger partial charge >= 0.3 is 5.97 Å². The molecule has 0 aliphatic heterocycles. The minimum absolute atomic E-state index is 0.0432. The zero-order valence-electron chi connectivity index (χ0n) is 13.3. The number of hydrogen-bond donors (Lipinski definition) is 0. The topological polar surface area (TPSA) is 43.4 Å². The van der Waals surface area contributed by atoms with Gasteiger partial charge in [-0.25, -0.2) is 4.79 Å². The summed E-state index contributed by atoms with van der Waals surface area (Å²) in [6.45, 7) is 1.98. The summed E-state index contributed by atoms with van der Waals surface area (Å²) in [6.07, 6.45) is 3.12. The average molecular weight is 306 g/mol. The molecule has 3 nitrogen and oxygen atoms in total. The van der Waals surface area contributed by atoms with Crippen molar-refractivity contribution in [3.05, 3.63) is 59.2 Å². The van der Waals surface area contributed by atoms with Crippen molar-refractivity contribution in [2.45, 2.75) is 25.7 Å². The Morgan fingerprint density at radius 2 is 2.00 bits per heavy atom. The van der Waals surface area contributed by atoms with E-state index in [1.165, 1.54) is 29.5 Å². The molecular formula is C20H18O3. The molecule has 23 heavy (non-hydrogen) atoms. The Morgan fingerprint density at radius 1 is 1.22 bits per heavy atom. The smallest absolute Gasteiger partial charge is 0.334 e. The molecule has 0 amide bonds. The van der Waals surface area contributed by atoms with Crippen molar-refractivity contribution in [2.24, 2.45) is 5.41 Å². The molecule has 2 atom stereocenters. The van der Waals surface area contributed by atoms with Gasteiger partial charge in [0.25, 0.3) is 0 Å². The van der Waals surface area contributed by atoms with Crippen LogP contribution < -0.4 is 0 Å². The van der Waals surface area contributed by atoms with Crippen LogP contribution in [0.4, 0.5) is 0 Å². The highest BCUT2D eigenvalue weighted by molar-refractivity contribution is 6.09. The lowest BCUT2D eigenvalue weighted by Gasteiger charge is -2.38. The van der Waals surface area contributed by atoms with E-state index in [1.54, 1.807) is 0 Å². The molecule has 2 aliphatic rings. The van der Waals surface area contributed by atoms with E-state index >= 15 is 0 Å². The Kier molecular flexibility index (Phi) is 2.95. The van der Waals surface area contributed by atoms with E-state index in [1.807, 2.05) is 19.1 Å². The molecule has 3 heteroatoms. The summed E-state index contributed by atoms with van der Waals surface area (Å²) in [5, 5.41) is 2.42. The molecule has 4 rings (SSSR count). The first-order chi connectivity index (χ1) is 11.1. The number of carbonyl (C=O) groups is 2. The van der Waals surface area contributed by atoms with Crippen molar-refractivity contribution in [1.82, 2.24) is 0 Å². The molecule has 0 fully saturated rings. The first-order valence-corrected chi connectivity index (χ1v) is 7.91. The standard InChI is InChI=1S/C20H18O3/c1-20-10-9-14-13-6-4-3-5-12(13)7-8-15(14)18(20)16(11-17(20)21)19(22)23-2/h3-8,11,18H,9-10H2,1-2H3. The Morgan fingerprint density at radius 3 is 2.78 bits per heavy atom. The average Bonchev–Trinajstić information content (AvgIpc) is 2.85. The molecule has 0 spiro atoms. The van der Waals surface area contributed by atoms with Crippen molar-refractivity contribution in [3.63, 3.8) is 0 Å². The van der Waals surface area contributed by atoms with E-state index in [2.05, 4.69) is 24.3 Å². The first-order valence-electron chi connectivity index (χ1n) is 7.91. The summed E-state index contributed by atoms with van der Waals surface area (Å²) in [5.41, 5.74) is 2.32. The predicted molar refractivity (Wildman–Crippen MR) is 88.2 cm³/mol. The summed E-state index contributed by atoms with van der Waals surface area (Å²) in [4.78, 5) is 24.7. The Labute approximate surface area is 134 Å². The number of rotatable bonds is 1. The summed E-state index contributed by atoms with van der Waals surface area (Å²) in [5.74, 6) is -0.550.